The molecule has 32 heavy (non-hydrogen) atoms. The van der Waals surface area contributed by atoms with Gasteiger partial charge in [0.15, 0.2) is 0 Å². The Morgan fingerprint density at radius 1 is 0.969 bits per heavy atom. The molecular formula is C23H18Cl2N4O3. The van der Waals surface area contributed by atoms with Gasteiger partial charge in [-0.3, -0.25) is 4.79 Å². The van der Waals surface area contributed by atoms with Crippen LogP contribution in [0.1, 0.15) is 5.56 Å². The summed E-state index contributed by atoms with van der Waals surface area (Å²) < 4.78 is 10.5. The number of carbonyl (C=O) groups excluding carboxylic acids is 1. The molecule has 0 saturated carbocycles. The quantitative estimate of drug-likeness (QED) is 0.383. The number of halogens is 2. The Bertz CT molecular complexity index is 1320. The lowest BCUT2D eigenvalue weighted by Crippen LogP contribution is -2.07. The van der Waals surface area contributed by atoms with Gasteiger partial charge >= 0.3 is 0 Å². The molecule has 0 aliphatic heterocycles. The molecule has 0 spiro atoms. The zero-order valence-corrected chi connectivity index (χ0v) is 18.7. The Hall–Kier alpha value is -3.55. The molecule has 162 valence electrons. The first-order chi connectivity index (χ1) is 15.5. The van der Waals surface area contributed by atoms with Crippen molar-refractivity contribution in [2.24, 2.45) is 0 Å². The van der Waals surface area contributed by atoms with Gasteiger partial charge in [-0.05, 0) is 60.7 Å². The Labute approximate surface area is 194 Å². The summed E-state index contributed by atoms with van der Waals surface area (Å²) >= 11 is 12.2. The lowest BCUT2D eigenvalue weighted by atomic mass is 10.2. The highest BCUT2D eigenvalue weighted by molar-refractivity contribution is 6.36. The monoisotopic (exact) mass is 468 g/mol. The average Bonchev–Trinajstić information content (AvgIpc) is 3.21. The number of methoxy groups -OCH3 is 2. The topological polar surface area (TPSA) is 78.3 Å². The number of benzene rings is 3. The van der Waals surface area contributed by atoms with Crippen molar-refractivity contribution >= 4 is 51.9 Å². The van der Waals surface area contributed by atoms with E-state index in [1.165, 1.54) is 18.0 Å². The number of amides is 1. The molecule has 0 bridgehead atoms. The second-order valence-corrected chi connectivity index (χ2v) is 7.57. The van der Waals surface area contributed by atoms with Crippen LogP contribution < -0.4 is 14.8 Å². The van der Waals surface area contributed by atoms with Crippen molar-refractivity contribution in [1.29, 1.82) is 0 Å². The van der Waals surface area contributed by atoms with Crippen LogP contribution in [0.3, 0.4) is 0 Å². The second kappa shape index (κ2) is 9.30. The number of hydrogen-bond donors (Lipinski definition) is 1. The van der Waals surface area contributed by atoms with Gasteiger partial charge < -0.3 is 14.8 Å². The van der Waals surface area contributed by atoms with Crippen LogP contribution in [0.5, 0.6) is 11.5 Å². The van der Waals surface area contributed by atoms with Crippen molar-refractivity contribution in [3.05, 3.63) is 76.3 Å². The van der Waals surface area contributed by atoms with Crippen LogP contribution in [0.2, 0.25) is 10.0 Å². The van der Waals surface area contributed by atoms with Crippen LogP contribution in [-0.2, 0) is 4.79 Å². The van der Waals surface area contributed by atoms with E-state index in [1.807, 2.05) is 24.3 Å². The normalized spacial score (nSPS) is 11.1. The van der Waals surface area contributed by atoms with Gasteiger partial charge in [-0.15, -0.1) is 10.2 Å². The van der Waals surface area contributed by atoms with Gasteiger partial charge in [0.05, 0.1) is 24.9 Å². The molecule has 4 aromatic rings. The second-order valence-electron chi connectivity index (χ2n) is 6.72. The molecule has 0 aliphatic rings. The van der Waals surface area contributed by atoms with E-state index in [-0.39, 0.29) is 5.91 Å². The van der Waals surface area contributed by atoms with E-state index in [4.69, 9.17) is 32.7 Å². The molecule has 0 fully saturated rings. The number of aromatic nitrogens is 3. The van der Waals surface area contributed by atoms with Crippen LogP contribution in [0.15, 0.2) is 60.7 Å². The Morgan fingerprint density at radius 2 is 1.72 bits per heavy atom. The van der Waals surface area contributed by atoms with E-state index >= 15 is 0 Å². The zero-order chi connectivity index (χ0) is 22.7. The Morgan fingerprint density at radius 3 is 2.44 bits per heavy atom. The third-order valence-corrected chi connectivity index (χ3v) is 5.11. The Kier molecular flexibility index (Phi) is 6.30. The summed E-state index contributed by atoms with van der Waals surface area (Å²) in [6.07, 6.45) is 2.97. The first-order valence-electron chi connectivity index (χ1n) is 9.50. The number of hydrogen-bond acceptors (Lipinski definition) is 5. The summed E-state index contributed by atoms with van der Waals surface area (Å²) in [5.74, 6) is 0.864. The van der Waals surface area contributed by atoms with E-state index in [1.54, 1.807) is 43.5 Å². The van der Waals surface area contributed by atoms with E-state index in [0.29, 0.717) is 38.1 Å². The van der Waals surface area contributed by atoms with Crippen molar-refractivity contribution in [1.82, 2.24) is 15.0 Å². The van der Waals surface area contributed by atoms with Crippen molar-refractivity contribution < 1.29 is 14.3 Å². The minimum absolute atomic E-state index is 0.329. The van der Waals surface area contributed by atoms with Gasteiger partial charge in [-0.2, -0.15) is 4.80 Å². The maximum Gasteiger partial charge on any atom is 0.248 e. The Balaban J connectivity index is 1.52. The molecule has 0 radical (unpaired) electrons. The first kappa shape index (κ1) is 21.7. The molecule has 9 heteroatoms. The predicted octanol–water partition coefficient (Wildman–Crippen LogP) is 5.40. The van der Waals surface area contributed by atoms with E-state index < -0.39 is 0 Å². The van der Waals surface area contributed by atoms with Gasteiger partial charge in [0.25, 0.3) is 0 Å². The third-order valence-electron chi connectivity index (χ3n) is 4.61. The number of anilines is 1. The van der Waals surface area contributed by atoms with Crippen LogP contribution >= 0.6 is 23.2 Å². The minimum Gasteiger partial charge on any atom is -0.497 e. The molecule has 3 aromatic carbocycles. The molecule has 1 amide bonds. The van der Waals surface area contributed by atoms with Crippen LogP contribution in [0, 0.1) is 0 Å². The molecular weight excluding hydrogens is 451 g/mol. The van der Waals surface area contributed by atoms with Gasteiger partial charge in [-0.1, -0.05) is 23.2 Å². The maximum atomic E-state index is 12.4. The highest BCUT2D eigenvalue weighted by Gasteiger charge is 2.09. The average molecular weight is 469 g/mol. The molecule has 4 rings (SSSR count). The molecule has 0 aliphatic carbocycles. The molecule has 1 heterocycles. The maximum absolute atomic E-state index is 12.4. The van der Waals surface area contributed by atoms with Crippen LogP contribution in [0.25, 0.3) is 22.8 Å². The number of nitrogens with one attached hydrogen (secondary N) is 1. The van der Waals surface area contributed by atoms with Gasteiger partial charge in [0.1, 0.15) is 22.5 Å². The van der Waals surface area contributed by atoms with E-state index in [2.05, 4.69) is 15.5 Å². The highest BCUT2D eigenvalue weighted by atomic mass is 35.5. The fourth-order valence-electron chi connectivity index (χ4n) is 3.09. The van der Waals surface area contributed by atoms with Gasteiger partial charge in [0.2, 0.25) is 5.91 Å². The van der Waals surface area contributed by atoms with Crippen LogP contribution in [-0.4, -0.2) is 35.1 Å². The number of rotatable bonds is 6. The fraction of sp³-hybridized carbons (Fsp3) is 0.0870. The standard InChI is InChI=1S/C23H18Cl2N4O3/c1-31-18-7-5-17(6-8-18)29-27-20-9-4-16(13-21(20)28-29)26-22(30)10-3-14-11-15(24)12-19(25)23(14)32-2/h3-13H,1-2H3,(H,26,30). The van der Waals surface area contributed by atoms with Crippen molar-refractivity contribution in [2.45, 2.75) is 0 Å². The summed E-state index contributed by atoms with van der Waals surface area (Å²) in [7, 11) is 3.11. The number of carbonyl (C=O) groups is 1. The number of nitrogens with zero attached hydrogens (tertiary/aromatic N) is 3. The molecule has 1 aromatic heterocycles. The van der Waals surface area contributed by atoms with E-state index in [9.17, 15) is 4.79 Å². The van der Waals surface area contributed by atoms with Crippen molar-refractivity contribution in [3.63, 3.8) is 0 Å². The lowest BCUT2D eigenvalue weighted by molar-refractivity contribution is -0.111. The summed E-state index contributed by atoms with van der Waals surface area (Å²) in [6, 6.07) is 16.0. The SMILES string of the molecule is COc1ccc(-n2nc3ccc(NC(=O)C=Cc4cc(Cl)cc(Cl)c4OC)cc3n2)cc1. The van der Waals surface area contributed by atoms with E-state index in [0.717, 1.165) is 11.4 Å². The molecule has 0 unspecified atom stereocenters. The smallest absolute Gasteiger partial charge is 0.248 e. The fourth-order valence-corrected chi connectivity index (χ4v) is 3.68. The van der Waals surface area contributed by atoms with Crippen molar-refractivity contribution in [2.75, 3.05) is 19.5 Å². The third kappa shape index (κ3) is 4.69. The van der Waals surface area contributed by atoms with Crippen LogP contribution in [0.4, 0.5) is 5.69 Å². The minimum atomic E-state index is -0.329. The van der Waals surface area contributed by atoms with Gasteiger partial charge in [-0.25, -0.2) is 0 Å². The summed E-state index contributed by atoms with van der Waals surface area (Å²) in [5.41, 5.74) is 3.33. The molecule has 7 nitrogen and oxygen atoms in total. The van der Waals surface area contributed by atoms with Crippen molar-refractivity contribution in [3.8, 4) is 17.2 Å². The molecule has 0 saturated heterocycles. The molecule has 1 N–H and O–H groups in total. The first-order valence-corrected chi connectivity index (χ1v) is 10.3. The van der Waals surface area contributed by atoms with Gasteiger partial charge in [0, 0.05) is 22.3 Å². The highest BCUT2D eigenvalue weighted by Crippen LogP contribution is 2.33. The lowest BCUT2D eigenvalue weighted by Gasteiger charge is -2.08. The molecule has 0 atom stereocenters. The largest absolute Gasteiger partial charge is 0.497 e. The summed E-state index contributed by atoms with van der Waals surface area (Å²) in [4.78, 5) is 14.0. The summed E-state index contributed by atoms with van der Waals surface area (Å²) in [5, 5.41) is 12.6. The number of ether oxygens (including phenoxy) is 2. The number of fused-ring (bicyclic) bond motifs is 1. The summed E-state index contributed by atoms with van der Waals surface area (Å²) in [6.45, 7) is 0. The zero-order valence-electron chi connectivity index (χ0n) is 17.2. The predicted molar refractivity (Wildman–Crippen MR) is 126 cm³/mol.